The van der Waals surface area contributed by atoms with Gasteiger partial charge in [0.2, 0.25) is 0 Å². The number of ether oxygens (including phenoxy) is 6. The van der Waals surface area contributed by atoms with Crippen LogP contribution in [-0.2, 0) is 51.3 Å². The Morgan fingerprint density at radius 2 is 1.17 bits per heavy atom. The molecule has 4 saturated heterocycles. The molecule has 4 aliphatic heterocycles. The molecule has 14 nitrogen and oxygen atoms in total. The lowest BCUT2D eigenvalue weighted by Gasteiger charge is -2.41. The number of likely N-dealkylation sites (tertiary alicyclic amines) is 2. The van der Waals surface area contributed by atoms with Crippen LogP contribution in [0.25, 0.3) is 0 Å². The molecule has 4 atom stereocenters. The first kappa shape index (κ1) is 55.4. The largest absolute Gasteiger partial charge is 0.444 e. The van der Waals surface area contributed by atoms with Crippen LogP contribution in [0.5, 0.6) is 0 Å². The maximum Gasteiger partial charge on any atom is 0.410 e. The van der Waals surface area contributed by atoms with Crippen LogP contribution < -0.4 is 0 Å². The van der Waals surface area contributed by atoms with Crippen molar-refractivity contribution in [1.29, 1.82) is 0 Å². The maximum atomic E-state index is 13.8. The summed E-state index contributed by atoms with van der Waals surface area (Å²) in [5.41, 5.74) is 0.475. The van der Waals surface area contributed by atoms with Crippen molar-refractivity contribution < 1.29 is 61.2 Å². The van der Waals surface area contributed by atoms with Gasteiger partial charge in [0, 0.05) is 43.4 Å². The van der Waals surface area contributed by atoms with Crippen molar-refractivity contribution in [3.05, 3.63) is 69.2 Å². The molecule has 63 heavy (non-hydrogen) atoms. The number of Topliss-reactive ketones (excluding diaryl/α,β-unsaturated/α-hetero) is 1. The van der Waals surface area contributed by atoms with Crippen molar-refractivity contribution in [3.8, 4) is 0 Å². The predicted octanol–water partition coefficient (Wildman–Crippen LogP) is 9.98. The summed E-state index contributed by atoms with van der Waals surface area (Å²) in [6.45, 7) is 13.6. The quantitative estimate of drug-likeness (QED) is 0.166. The van der Waals surface area contributed by atoms with E-state index < -0.39 is 41.3 Å². The molecule has 0 radical (unpaired) electrons. The van der Waals surface area contributed by atoms with Crippen molar-refractivity contribution in [2.24, 2.45) is 0 Å². The normalized spacial score (nSPS) is 20.6. The van der Waals surface area contributed by atoms with Gasteiger partial charge in [-0.25, -0.2) is 23.4 Å². The topological polar surface area (TPSA) is 143 Å². The van der Waals surface area contributed by atoms with Crippen LogP contribution in [0.1, 0.15) is 129 Å². The van der Waals surface area contributed by atoms with Crippen molar-refractivity contribution in [2.75, 3.05) is 40.5 Å². The van der Waals surface area contributed by atoms with Crippen molar-refractivity contribution >= 4 is 39.8 Å². The van der Waals surface area contributed by atoms with Crippen molar-refractivity contribution in [3.63, 3.8) is 0 Å². The first-order valence-electron chi connectivity index (χ1n) is 20.8. The van der Waals surface area contributed by atoms with E-state index >= 15 is 0 Å². The Morgan fingerprint density at radius 1 is 0.714 bits per heavy atom. The van der Waals surface area contributed by atoms with Gasteiger partial charge >= 0.3 is 12.2 Å². The van der Waals surface area contributed by atoms with Crippen LogP contribution in [0.3, 0.4) is 0 Å². The molecule has 4 aliphatic rings. The molecule has 0 bridgehead atoms. The van der Waals surface area contributed by atoms with Gasteiger partial charge in [-0.05, 0) is 140 Å². The van der Waals surface area contributed by atoms with Gasteiger partial charge in [0.15, 0.2) is 18.4 Å². The zero-order valence-electron chi connectivity index (χ0n) is 36.6. The van der Waals surface area contributed by atoms with Crippen LogP contribution in [0.4, 0.5) is 18.4 Å². The monoisotopic (exact) mass is 957 g/mol. The minimum absolute atomic E-state index is 0. The Bertz CT molecular complexity index is 1780. The summed E-state index contributed by atoms with van der Waals surface area (Å²) in [6.07, 6.45) is 5.75. The molecule has 4 heterocycles. The van der Waals surface area contributed by atoms with E-state index in [4.69, 9.17) is 33.3 Å². The number of amides is 3. The molecule has 4 fully saturated rings. The summed E-state index contributed by atoms with van der Waals surface area (Å²) in [5, 5.41) is 1.13. The molecule has 17 heteroatoms. The number of carbonyl (C=O) groups excluding carboxylic acids is 4. The number of halogens is 3. The SMILES string of the molecule is C.C.CC(C)(C)OC(=O)N1CC[C@H]1C(=O)c1ccc(F)cc1COC1CCCCO1.CON(C)C(=O)[C@@H]1CCN1C(=O)OC(C)(C)C.Fc1ccc(Br)c(COC2CCCCO2)c1. The van der Waals surface area contributed by atoms with Crippen LogP contribution in [-0.4, -0.2) is 115 Å². The Morgan fingerprint density at radius 3 is 1.60 bits per heavy atom. The van der Waals surface area contributed by atoms with E-state index in [9.17, 15) is 28.0 Å². The predicted molar refractivity (Wildman–Crippen MR) is 238 cm³/mol. The second-order valence-corrected chi connectivity index (χ2v) is 17.9. The first-order chi connectivity index (χ1) is 28.8. The molecule has 356 valence electrons. The van der Waals surface area contributed by atoms with Crippen LogP contribution in [0.2, 0.25) is 0 Å². The third-order valence-electron chi connectivity index (χ3n) is 9.93. The van der Waals surface area contributed by atoms with E-state index in [0.29, 0.717) is 50.3 Å². The maximum absolute atomic E-state index is 13.8. The number of benzene rings is 2. The highest BCUT2D eigenvalue weighted by atomic mass is 79.9. The third-order valence-corrected chi connectivity index (χ3v) is 10.7. The van der Waals surface area contributed by atoms with Crippen LogP contribution in [0.15, 0.2) is 40.9 Å². The standard InChI is InChI=1S/C21H28FNO5.C12H14BrFO2.C11H20N2O4.2CH4/c1-21(2,3)28-20(25)23-10-9-17(23)19(24)16-8-7-15(22)12-14(16)13-27-18-6-4-5-11-26-18;13-11-5-4-10(14)7-9(11)8-16-12-3-1-2-6-15-12;1-11(2,3)17-10(15)13-7-6-8(13)9(14)12(4)16-5;;/h7-8,12,17-18H,4-6,9-11,13H2,1-3H3;4-5,7,12H,1-3,6,8H2;8H,6-7H2,1-5H3;2*1H4/t17-,18?;;8-;;/m0.0../s1. The molecule has 0 aliphatic carbocycles. The summed E-state index contributed by atoms with van der Waals surface area (Å²) in [6, 6.07) is 7.56. The number of likely N-dealkylation sites (N-methyl/N-ethyl adjacent to an activating group) is 1. The molecular weight excluding hydrogens is 888 g/mol. The molecule has 0 aromatic heterocycles. The van der Waals surface area contributed by atoms with Crippen molar-refractivity contribution in [2.45, 2.75) is 157 Å². The Labute approximate surface area is 381 Å². The van der Waals surface area contributed by atoms with Gasteiger partial charge in [-0.2, -0.15) is 0 Å². The van der Waals surface area contributed by atoms with Gasteiger partial charge in [-0.3, -0.25) is 24.2 Å². The molecule has 2 aromatic rings. The Balaban J connectivity index is 0.000000339. The van der Waals surface area contributed by atoms with Gasteiger partial charge in [0.25, 0.3) is 5.91 Å². The molecule has 2 aromatic carbocycles. The van der Waals surface area contributed by atoms with Gasteiger partial charge in [0.1, 0.15) is 34.9 Å². The fraction of sp³-hybridized carbons (Fsp3) is 0.652. The number of hydrogen-bond donors (Lipinski definition) is 0. The van der Waals surface area contributed by atoms with E-state index in [0.717, 1.165) is 60.2 Å². The zero-order chi connectivity index (χ0) is 44.9. The highest BCUT2D eigenvalue weighted by Crippen LogP contribution is 2.28. The Hall–Kier alpha value is -3.74. The summed E-state index contributed by atoms with van der Waals surface area (Å²) in [7, 11) is 2.93. The molecule has 0 N–H and O–H groups in total. The number of rotatable bonds is 10. The van der Waals surface area contributed by atoms with E-state index in [1.807, 2.05) is 0 Å². The molecule has 3 amide bonds. The molecule has 2 unspecified atom stereocenters. The van der Waals surface area contributed by atoms with E-state index in [-0.39, 0.29) is 51.5 Å². The van der Waals surface area contributed by atoms with Crippen LogP contribution >= 0.6 is 15.9 Å². The summed E-state index contributed by atoms with van der Waals surface area (Å²) >= 11 is 3.37. The summed E-state index contributed by atoms with van der Waals surface area (Å²) in [4.78, 5) is 56.5. The van der Waals surface area contributed by atoms with E-state index in [1.165, 1.54) is 54.3 Å². The van der Waals surface area contributed by atoms with Gasteiger partial charge in [0.05, 0.1) is 20.3 Å². The second kappa shape index (κ2) is 25.7. The highest BCUT2D eigenvalue weighted by molar-refractivity contribution is 9.10. The summed E-state index contributed by atoms with van der Waals surface area (Å²) in [5.74, 6) is -1.13. The number of hydrogen-bond acceptors (Lipinski definition) is 11. The van der Waals surface area contributed by atoms with Gasteiger partial charge in [-0.15, -0.1) is 0 Å². The Kier molecular flexibility index (Phi) is 22.6. The number of carbonyl (C=O) groups is 4. The number of nitrogens with zero attached hydrogens (tertiary/aromatic N) is 3. The average Bonchev–Trinajstić information content (AvgIpc) is 3.16. The molecule has 6 rings (SSSR count). The lowest BCUT2D eigenvalue weighted by molar-refractivity contribution is -0.178. The average molecular weight is 959 g/mol. The van der Waals surface area contributed by atoms with E-state index in [1.54, 1.807) is 47.6 Å². The molecular formula is C46H70BrF2N3O11. The third kappa shape index (κ3) is 17.6. The first-order valence-corrected chi connectivity index (χ1v) is 21.6. The van der Waals surface area contributed by atoms with Crippen molar-refractivity contribution in [1.82, 2.24) is 14.9 Å². The lowest BCUT2D eigenvalue weighted by atomic mass is 9.91. The smallest absolute Gasteiger partial charge is 0.410 e. The minimum atomic E-state index is -0.630. The highest BCUT2D eigenvalue weighted by Gasteiger charge is 2.42. The van der Waals surface area contributed by atoms with E-state index in [2.05, 4.69) is 15.9 Å². The summed E-state index contributed by atoms with van der Waals surface area (Å²) < 4.78 is 60.5. The minimum Gasteiger partial charge on any atom is -0.444 e. The number of hydroxylamine groups is 2. The molecule has 0 saturated carbocycles. The zero-order valence-corrected chi connectivity index (χ0v) is 38.2. The lowest BCUT2D eigenvalue weighted by Crippen LogP contribution is -2.59. The fourth-order valence-corrected chi connectivity index (χ4v) is 6.85. The van der Waals surface area contributed by atoms with Gasteiger partial charge < -0.3 is 28.4 Å². The number of ketones is 1. The van der Waals surface area contributed by atoms with Crippen LogP contribution in [0, 0.1) is 11.6 Å². The molecule has 0 spiro atoms. The fourth-order valence-electron chi connectivity index (χ4n) is 6.49. The second-order valence-electron chi connectivity index (χ2n) is 17.1. The van der Waals surface area contributed by atoms with Gasteiger partial charge in [-0.1, -0.05) is 30.8 Å².